The van der Waals surface area contributed by atoms with E-state index in [2.05, 4.69) is 30.1 Å². The summed E-state index contributed by atoms with van der Waals surface area (Å²) >= 11 is 0. The highest BCUT2D eigenvalue weighted by atomic mass is 15.4. The first kappa shape index (κ1) is 13.8. The molecule has 5 nitrogen and oxygen atoms in total. The average molecular weight is 261 g/mol. The van der Waals surface area contributed by atoms with Crippen LogP contribution in [-0.2, 0) is 13.5 Å². The van der Waals surface area contributed by atoms with Gasteiger partial charge >= 0.3 is 0 Å². The minimum Gasteiger partial charge on any atom is -0.328 e. The summed E-state index contributed by atoms with van der Waals surface area (Å²) in [5.41, 5.74) is 9.23. The van der Waals surface area contributed by atoms with Gasteiger partial charge in [-0.1, -0.05) is 13.8 Å². The molecule has 0 aliphatic rings. The quantitative estimate of drug-likeness (QED) is 0.914. The number of nitrogens with zero attached hydrogens (tertiary/aromatic N) is 4. The summed E-state index contributed by atoms with van der Waals surface area (Å²) in [6.45, 7) is 8.32. The standard InChI is InChI=1S/C14H23N5/c1-9(2)13-6-7-19(17-13)14-12(8-10(3)15)11(4)16-18(14)5/h6-7,9-10H,8,15H2,1-5H3. The van der Waals surface area contributed by atoms with E-state index in [4.69, 9.17) is 5.73 Å². The highest BCUT2D eigenvalue weighted by Gasteiger charge is 2.17. The second-order valence-corrected chi connectivity index (χ2v) is 5.53. The molecule has 0 radical (unpaired) electrons. The van der Waals surface area contributed by atoms with Crippen molar-refractivity contribution in [3.05, 3.63) is 29.2 Å². The Kier molecular flexibility index (Phi) is 3.75. The fourth-order valence-electron chi connectivity index (χ4n) is 2.30. The monoisotopic (exact) mass is 261 g/mol. The Balaban J connectivity index is 2.47. The first-order valence-corrected chi connectivity index (χ1v) is 6.74. The summed E-state index contributed by atoms with van der Waals surface area (Å²) in [5, 5.41) is 9.13. The number of rotatable bonds is 4. The van der Waals surface area contributed by atoms with Crippen molar-refractivity contribution in [1.82, 2.24) is 19.6 Å². The van der Waals surface area contributed by atoms with E-state index in [-0.39, 0.29) is 6.04 Å². The average Bonchev–Trinajstić information content (AvgIpc) is 2.85. The molecule has 0 bridgehead atoms. The molecule has 1 atom stereocenters. The Hall–Kier alpha value is -1.62. The molecule has 0 saturated carbocycles. The summed E-state index contributed by atoms with van der Waals surface area (Å²) in [4.78, 5) is 0. The van der Waals surface area contributed by atoms with Gasteiger partial charge in [0.25, 0.3) is 0 Å². The zero-order chi connectivity index (χ0) is 14.2. The topological polar surface area (TPSA) is 61.7 Å². The van der Waals surface area contributed by atoms with Crippen LogP contribution >= 0.6 is 0 Å². The highest BCUT2D eigenvalue weighted by molar-refractivity contribution is 5.38. The van der Waals surface area contributed by atoms with E-state index in [1.165, 1.54) is 5.56 Å². The van der Waals surface area contributed by atoms with Gasteiger partial charge in [0.1, 0.15) is 0 Å². The number of aryl methyl sites for hydroxylation is 2. The SMILES string of the molecule is Cc1nn(C)c(-n2ccc(C(C)C)n2)c1CC(C)N. The van der Waals surface area contributed by atoms with E-state index in [0.29, 0.717) is 5.92 Å². The molecule has 2 N–H and O–H groups in total. The van der Waals surface area contributed by atoms with Crippen molar-refractivity contribution in [3.63, 3.8) is 0 Å². The van der Waals surface area contributed by atoms with Gasteiger partial charge in [0, 0.05) is 24.8 Å². The second-order valence-electron chi connectivity index (χ2n) is 5.53. The molecule has 19 heavy (non-hydrogen) atoms. The van der Waals surface area contributed by atoms with Crippen LogP contribution in [0.15, 0.2) is 12.3 Å². The Morgan fingerprint density at radius 1 is 1.26 bits per heavy atom. The van der Waals surface area contributed by atoms with Gasteiger partial charge in [0.2, 0.25) is 0 Å². The molecule has 2 aromatic rings. The third kappa shape index (κ3) is 2.71. The lowest BCUT2D eigenvalue weighted by Crippen LogP contribution is -2.19. The van der Waals surface area contributed by atoms with Crippen molar-refractivity contribution in [1.29, 1.82) is 0 Å². The minimum atomic E-state index is 0.113. The highest BCUT2D eigenvalue weighted by Crippen LogP contribution is 2.20. The maximum Gasteiger partial charge on any atom is 0.155 e. The zero-order valence-electron chi connectivity index (χ0n) is 12.4. The van der Waals surface area contributed by atoms with Crippen molar-refractivity contribution in [3.8, 4) is 5.82 Å². The van der Waals surface area contributed by atoms with Gasteiger partial charge in [-0.2, -0.15) is 10.2 Å². The number of hydrogen-bond acceptors (Lipinski definition) is 3. The molecule has 2 aromatic heterocycles. The van der Waals surface area contributed by atoms with Gasteiger partial charge in [0.15, 0.2) is 5.82 Å². The Labute approximate surface area is 114 Å². The van der Waals surface area contributed by atoms with Crippen LogP contribution in [0.25, 0.3) is 5.82 Å². The summed E-state index contributed by atoms with van der Waals surface area (Å²) in [7, 11) is 1.95. The van der Waals surface area contributed by atoms with Crippen molar-refractivity contribution in [2.75, 3.05) is 0 Å². The minimum absolute atomic E-state index is 0.113. The summed E-state index contributed by atoms with van der Waals surface area (Å²) in [5.74, 6) is 1.44. The molecule has 0 saturated heterocycles. The maximum absolute atomic E-state index is 5.94. The third-order valence-electron chi connectivity index (χ3n) is 3.26. The van der Waals surface area contributed by atoms with Crippen LogP contribution in [0.5, 0.6) is 0 Å². The molecule has 104 valence electrons. The fourth-order valence-corrected chi connectivity index (χ4v) is 2.30. The van der Waals surface area contributed by atoms with Gasteiger partial charge < -0.3 is 5.73 Å². The van der Waals surface area contributed by atoms with Gasteiger partial charge in [-0.15, -0.1) is 0 Å². The van der Waals surface area contributed by atoms with Crippen molar-refractivity contribution in [2.24, 2.45) is 12.8 Å². The van der Waals surface area contributed by atoms with Crippen LogP contribution in [0.3, 0.4) is 0 Å². The molecule has 0 aliphatic heterocycles. The number of aromatic nitrogens is 4. The summed E-state index contributed by atoms with van der Waals surface area (Å²) in [6, 6.07) is 2.17. The van der Waals surface area contributed by atoms with Crippen LogP contribution in [0, 0.1) is 6.92 Å². The molecule has 0 spiro atoms. The number of hydrogen-bond donors (Lipinski definition) is 1. The number of nitrogens with two attached hydrogens (primary N) is 1. The molecule has 2 heterocycles. The Bertz CT molecular complexity index is 562. The molecule has 0 amide bonds. The predicted octanol–water partition coefficient (Wildman–Crippen LogP) is 1.93. The van der Waals surface area contributed by atoms with Gasteiger partial charge in [-0.05, 0) is 32.3 Å². The molecule has 5 heteroatoms. The summed E-state index contributed by atoms with van der Waals surface area (Å²) < 4.78 is 3.79. The molecular weight excluding hydrogens is 238 g/mol. The molecule has 0 aliphatic carbocycles. The zero-order valence-corrected chi connectivity index (χ0v) is 12.4. The van der Waals surface area contributed by atoms with Gasteiger partial charge in [-0.3, -0.25) is 4.68 Å². The third-order valence-corrected chi connectivity index (χ3v) is 3.26. The van der Waals surface area contributed by atoms with Crippen LogP contribution < -0.4 is 5.73 Å². The first-order chi connectivity index (χ1) is 8.90. The fraction of sp³-hybridized carbons (Fsp3) is 0.571. The predicted molar refractivity (Wildman–Crippen MR) is 76.5 cm³/mol. The normalized spacial score (nSPS) is 13.2. The van der Waals surface area contributed by atoms with Crippen LogP contribution in [0.2, 0.25) is 0 Å². The van der Waals surface area contributed by atoms with E-state index in [1.807, 2.05) is 36.5 Å². The lowest BCUT2D eigenvalue weighted by atomic mass is 10.1. The van der Waals surface area contributed by atoms with E-state index in [1.54, 1.807) is 0 Å². The van der Waals surface area contributed by atoms with Crippen LogP contribution in [0.1, 0.15) is 43.6 Å². The molecule has 0 fully saturated rings. The lowest BCUT2D eigenvalue weighted by Gasteiger charge is -2.09. The Morgan fingerprint density at radius 3 is 2.47 bits per heavy atom. The van der Waals surface area contributed by atoms with E-state index in [0.717, 1.165) is 23.6 Å². The van der Waals surface area contributed by atoms with Crippen molar-refractivity contribution in [2.45, 2.75) is 46.1 Å². The molecule has 2 rings (SSSR count). The van der Waals surface area contributed by atoms with Crippen molar-refractivity contribution >= 4 is 0 Å². The van der Waals surface area contributed by atoms with E-state index >= 15 is 0 Å². The molecule has 1 unspecified atom stereocenters. The smallest absolute Gasteiger partial charge is 0.155 e. The largest absolute Gasteiger partial charge is 0.328 e. The first-order valence-electron chi connectivity index (χ1n) is 6.74. The molecule has 0 aromatic carbocycles. The van der Waals surface area contributed by atoms with Crippen LogP contribution in [-0.4, -0.2) is 25.6 Å². The van der Waals surface area contributed by atoms with E-state index < -0.39 is 0 Å². The molecular formula is C14H23N5. The second kappa shape index (κ2) is 5.17. The summed E-state index contributed by atoms with van der Waals surface area (Å²) in [6.07, 6.45) is 2.81. The van der Waals surface area contributed by atoms with E-state index in [9.17, 15) is 0 Å². The van der Waals surface area contributed by atoms with Crippen molar-refractivity contribution < 1.29 is 0 Å². The maximum atomic E-state index is 5.94. The lowest BCUT2D eigenvalue weighted by molar-refractivity contribution is 0.670. The van der Waals surface area contributed by atoms with Gasteiger partial charge in [0.05, 0.1) is 11.4 Å². The van der Waals surface area contributed by atoms with Crippen LogP contribution in [0.4, 0.5) is 0 Å². The Morgan fingerprint density at radius 2 is 1.95 bits per heavy atom. The van der Waals surface area contributed by atoms with Gasteiger partial charge in [-0.25, -0.2) is 4.68 Å².